The van der Waals surface area contributed by atoms with Gasteiger partial charge in [0.25, 0.3) is 5.91 Å². The zero-order valence-electron chi connectivity index (χ0n) is 21.6. The van der Waals surface area contributed by atoms with Crippen molar-refractivity contribution in [2.45, 2.75) is 6.61 Å². The van der Waals surface area contributed by atoms with Gasteiger partial charge < -0.3 is 10.1 Å². The lowest BCUT2D eigenvalue weighted by Gasteiger charge is -2.12. The lowest BCUT2D eigenvalue weighted by atomic mass is 10.1. The molecule has 0 radical (unpaired) electrons. The Balaban J connectivity index is 1.17. The van der Waals surface area contributed by atoms with Crippen LogP contribution >= 0.6 is 68.1 Å². The summed E-state index contributed by atoms with van der Waals surface area (Å²) in [5.74, 6) is 0.417. The van der Waals surface area contributed by atoms with Gasteiger partial charge in [0.05, 0.1) is 30.7 Å². The number of halogens is 3. The van der Waals surface area contributed by atoms with Gasteiger partial charge in [-0.25, -0.2) is 10.4 Å². The molecule has 1 heterocycles. The summed E-state index contributed by atoms with van der Waals surface area (Å²) in [7, 11) is 0. The van der Waals surface area contributed by atoms with E-state index in [9.17, 15) is 10.1 Å². The molecule has 0 spiro atoms. The summed E-state index contributed by atoms with van der Waals surface area (Å²) in [6, 6.07) is 28.0. The number of nitriles is 1. The van der Waals surface area contributed by atoms with E-state index in [1.54, 1.807) is 24.4 Å². The molecular formula is C31H20ClI2N5O2S. The highest BCUT2D eigenvalue weighted by atomic mass is 127. The van der Waals surface area contributed by atoms with E-state index in [0.29, 0.717) is 22.8 Å². The van der Waals surface area contributed by atoms with Crippen molar-refractivity contribution in [3.63, 3.8) is 0 Å². The van der Waals surface area contributed by atoms with E-state index in [1.807, 2.05) is 72.1 Å². The van der Waals surface area contributed by atoms with Gasteiger partial charge >= 0.3 is 0 Å². The Labute approximate surface area is 278 Å². The molecule has 0 unspecified atom stereocenters. The third-order valence-electron chi connectivity index (χ3n) is 5.95. The lowest BCUT2D eigenvalue weighted by molar-refractivity contribution is 0.0955. The first-order chi connectivity index (χ1) is 20.4. The predicted molar refractivity (Wildman–Crippen MR) is 185 cm³/mol. The van der Waals surface area contributed by atoms with Gasteiger partial charge in [0.1, 0.15) is 12.4 Å². The minimum atomic E-state index is -0.318. The van der Waals surface area contributed by atoms with E-state index in [0.717, 1.165) is 46.1 Å². The van der Waals surface area contributed by atoms with Crippen molar-refractivity contribution in [1.29, 1.82) is 5.26 Å². The molecule has 0 aliphatic heterocycles. The molecule has 42 heavy (non-hydrogen) atoms. The minimum absolute atomic E-state index is 0.294. The second-order valence-electron chi connectivity index (χ2n) is 8.82. The van der Waals surface area contributed by atoms with Crippen LogP contribution in [0.15, 0.2) is 95.4 Å². The molecule has 2 N–H and O–H groups in total. The lowest BCUT2D eigenvalue weighted by Crippen LogP contribution is -2.17. The maximum absolute atomic E-state index is 12.7. The molecule has 0 bridgehead atoms. The molecule has 5 rings (SSSR count). The molecule has 0 saturated carbocycles. The van der Waals surface area contributed by atoms with Gasteiger partial charge in [-0.3, -0.25) is 4.79 Å². The van der Waals surface area contributed by atoms with E-state index in [1.165, 1.54) is 11.3 Å². The highest BCUT2D eigenvalue weighted by Gasteiger charge is 2.11. The molecule has 7 nitrogen and oxygen atoms in total. The van der Waals surface area contributed by atoms with Gasteiger partial charge in [-0.05, 0) is 105 Å². The Kier molecular flexibility index (Phi) is 10.1. The molecule has 1 amide bonds. The molecule has 5 aromatic rings. The zero-order valence-corrected chi connectivity index (χ0v) is 27.5. The van der Waals surface area contributed by atoms with Crippen molar-refractivity contribution < 1.29 is 9.53 Å². The average molecular weight is 816 g/mol. The molecule has 0 aliphatic rings. The highest BCUT2D eigenvalue weighted by molar-refractivity contribution is 14.1. The number of amides is 1. The number of hydrogen-bond donors (Lipinski definition) is 2. The molecular weight excluding hydrogens is 796 g/mol. The number of nitrogens with zero attached hydrogens (tertiary/aromatic N) is 3. The summed E-state index contributed by atoms with van der Waals surface area (Å²) >= 11 is 11.9. The van der Waals surface area contributed by atoms with Crippen LogP contribution in [0.5, 0.6) is 5.75 Å². The smallest absolute Gasteiger partial charge is 0.271 e. The van der Waals surface area contributed by atoms with Gasteiger partial charge in [0.2, 0.25) is 0 Å². The summed E-state index contributed by atoms with van der Waals surface area (Å²) in [4.78, 5) is 17.3. The topological polar surface area (TPSA) is 99.4 Å². The summed E-state index contributed by atoms with van der Waals surface area (Å²) in [6.07, 6.45) is 1.59. The molecule has 0 atom stereocenters. The third kappa shape index (κ3) is 7.65. The maximum Gasteiger partial charge on any atom is 0.271 e. The van der Waals surface area contributed by atoms with E-state index < -0.39 is 0 Å². The Hall–Kier alpha value is -3.51. The van der Waals surface area contributed by atoms with Crippen LogP contribution in [-0.2, 0) is 6.61 Å². The summed E-state index contributed by atoms with van der Waals surface area (Å²) in [5.41, 5.74) is 7.92. The van der Waals surface area contributed by atoms with Crippen LogP contribution in [0.25, 0.3) is 11.3 Å². The number of thiazole rings is 1. The summed E-state index contributed by atoms with van der Waals surface area (Å²) in [6.45, 7) is 0.294. The first-order valence-electron chi connectivity index (χ1n) is 12.4. The van der Waals surface area contributed by atoms with Crippen LogP contribution in [-0.4, -0.2) is 17.1 Å². The quantitative estimate of drug-likeness (QED) is 0.0883. The fourth-order valence-electron chi connectivity index (χ4n) is 3.84. The van der Waals surface area contributed by atoms with Crippen LogP contribution in [0.4, 0.5) is 10.8 Å². The first kappa shape index (κ1) is 30.0. The van der Waals surface area contributed by atoms with Crippen molar-refractivity contribution in [3.05, 3.63) is 125 Å². The van der Waals surface area contributed by atoms with Crippen LogP contribution in [0, 0.1) is 18.5 Å². The fraction of sp³-hybridized carbons (Fsp3) is 0.0323. The number of nitrogens with one attached hydrogen (secondary N) is 2. The fourth-order valence-corrected chi connectivity index (χ4v) is 6.83. The third-order valence-corrected chi connectivity index (χ3v) is 8.56. The predicted octanol–water partition coefficient (Wildman–Crippen LogP) is 8.63. The van der Waals surface area contributed by atoms with Gasteiger partial charge in [0.15, 0.2) is 5.13 Å². The number of hydrazone groups is 1. The van der Waals surface area contributed by atoms with Crippen LogP contribution < -0.4 is 15.5 Å². The first-order valence-corrected chi connectivity index (χ1v) is 15.8. The van der Waals surface area contributed by atoms with E-state index in [2.05, 4.69) is 72.1 Å². The van der Waals surface area contributed by atoms with Crippen molar-refractivity contribution in [1.82, 2.24) is 10.4 Å². The van der Waals surface area contributed by atoms with Crippen molar-refractivity contribution in [2.24, 2.45) is 5.10 Å². The Morgan fingerprint density at radius 2 is 1.76 bits per heavy atom. The monoisotopic (exact) mass is 815 g/mol. The molecule has 0 saturated heterocycles. The number of ether oxygens (including phenoxy) is 1. The van der Waals surface area contributed by atoms with E-state index >= 15 is 0 Å². The van der Waals surface area contributed by atoms with Gasteiger partial charge in [-0.2, -0.15) is 10.4 Å². The van der Waals surface area contributed by atoms with E-state index in [4.69, 9.17) is 16.3 Å². The number of rotatable bonds is 9. The molecule has 208 valence electrons. The largest absolute Gasteiger partial charge is 0.487 e. The Bertz CT molecular complexity index is 1780. The summed E-state index contributed by atoms with van der Waals surface area (Å²) < 4.78 is 7.82. The number of hydrogen-bond acceptors (Lipinski definition) is 7. The molecule has 1 aromatic heterocycles. The zero-order chi connectivity index (χ0) is 29.5. The van der Waals surface area contributed by atoms with Crippen LogP contribution in [0.3, 0.4) is 0 Å². The molecule has 0 fully saturated rings. The Morgan fingerprint density at radius 3 is 2.48 bits per heavy atom. The van der Waals surface area contributed by atoms with Gasteiger partial charge in [0, 0.05) is 32.8 Å². The standard InChI is InChI=1S/C31H20ClI2N5O2S/c32-24-9-11-25(12-10-24)37-31-38-28(18-42-31)20-5-7-21(8-6-20)30(40)39-36-16-19-13-26(33)29(27(34)14-19)41-17-23-4-2-1-3-22(23)15-35/h1-14,16,18H,17H2,(H,37,38)(H,39,40)/b36-16-. The van der Waals surface area contributed by atoms with Crippen LogP contribution in [0.2, 0.25) is 5.02 Å². The molecule has 0 aliphatic carbocycles. The van der Waals surface area contributed by atoms with Crippen molar-refractivity contribution in [3.8, 4) is 23.1 Å². The van der Waals surface area contributed by atoms with Gasteiger partial charge in [-0.15, -0.1) is 11.3 Å². The molecule has 4 aromatic carbocycles. The van der Waals surface area contributed by atoms with Crippen molar-refractivity contribution in [2.75, 3.05) is 5.32 Å². The number of benzene rings is 4. The number of carbonyl (C=O) groups excluding carboxylic acids is 1. The average Bonchev–Trinajstić information content (AvgIpc) is 3.46. The minimum Gasteiger partial charge on any atom is -0.487 e. The Morgan fingerprint density at radius 1 is 1.05 bits per heavy atom. The van der Waals surface area contributed by atoms with Crippen molar-refractivity contribution >= 4 is 91.1 Å². The molecule has 11 heteroatoms. The van der Waals surface area contributed by atoms with E-state index in [-0.39, 0.29) is 5.91 Å². The van der Waals surface area contributed by atoms with Crippen LogP contribution in [0.1, 0.15) is 27.0 Å². The SMILES string of the molecule is N#Cc1ccccc1COc1c(I)cc(/C=N\NC(=O)c2ccc(-c3csc(Nc4ccc(Cl)cc4)n3)cc2)cc1I. The highest BCUT2D eigenvalue weighted by Crippen LogP contribution is 2.30. The number of aromatic nitrogens is 1. The summed E-state index contributed by atoms with van der Waals surface area (Å²) in [5, 5.41) is 20.1. The second kappa shape index (κ2) is 14.1. The normalized spacial score (nSPS) is 10.8. The second-order valence-corrected chi connectivity index (χ2v) is 12.4. The maximum atomic E-state index is 12.7. The van der Waals surface area contributed by atoms with Gasteiger partial charge in [-0.1, -0.05) is 41.9 Å². The number of anilines is 2. The number of carbonyl (C=O) groups is 1.